The monoisotopic (exact) mass is 287 g/mol. The van der Waals surface area contributed by atoms with Crippen molar-refractivity contribution in [1.82, 2.24) is 9.38 Å². The van der Waals surface area contributed by atoms with Crippen molar-refractivity contribution in [2.75, 3.05) is 5.73 Å². The molecule has 2 aromatic heterocycles. The largest absolute Gasteiger partial charge is 0.396 e. The summed E-state index contributed by atoms with van der Waals surface area (Å²) in [7, 11) is 0. The lowest BCUT2D eigenvalue weighted by Gasteiger charge is -2.05. The number of halogens is 1. The van der Waals surface area contributed by atoms with Crippen LogP contribution in [0.1, 0.15) is 0 Å². The Bertz CT molecular complexity index is 674. The lowest BCUT2D eigenvalue weighted by Crippen LogP contribution is -1.94. The van der Waals surface area contributed by atoms with Gasteiger partial charge in [-0.15, -0.1) is 0 Å². The quantitative estimate of drug-likeness (QED) is 0.746. The molecule has 0 aliphatic heterocycles. The molecule has 0 bridgehead atoms. The van der Waals surface area contributed by atoms with E-state index in [-0.39, 0.29) is 0 Å². The zero-order chi connectivity index (χ0) is 11.8. The predicted octanol–water partition coefficient (Wildman–Crippen LogP) is 3.35. The van der Waals surface area contributed by atoms with Crippen molar-refractivity contribution in [2.24, 2.45) is 0 Å². The Hall–Kier alpha value is -1.81. The molecule has 3 nitrogen and oxygen atoms in total. The summed E-state index contributed by atoms with van der Waals surface area (Å²) < 4.78 is 2.84. The number of nitrogen functional groups attached to an aromatic ring is 1. The Kier molecular flexibility index (Phi) is 2.37. The van der Waals surface area contributed by atoms with E-state index in [0.29, 0.717) is 5.69 Å². The highest BCUT2D eigenvalue weighted by Gasteiger charge is 2.07. The van der Waals surface area contributed by atoms with E-state index in [0.717, 1.165) is 21.4 Å². The number of imidazole rings is 1. The molecule has 0 aliphatic carbocycles. The van der Waals surface area contributed by atoms with Crippen LogP contribution in [0, 0.1) is 0 Å². The Balaban J connectivity index is 2.28. The molecule has 17 heavy (non-hydrogen) atoms. The summed E-state index contributed by atoms with van der Waals surface area (Å²) in [4.78, 5) is 4.24. The zero-order valence-electron chi connectivity index (χ0n) is 8.97. The second-order valence-corrected chi connectivity index (χ2v) is 4.64. The highest BCUT2D eigenvalue weighted by molar-refractivity contribution is 9.10. The fraction of sp³-hybridized carbons (Fsp3) is 0. The molecule has 0 amide bonds. The van der Waals surface area contributed by atoms with Gasteiger partial charge in [0.05, 0.1) is 11.9 Å². The second-order valence-electron chi connectivity index (χ2n) is 3.82. The van der Waals surface area contributed by atoms with E-state index < -0.39 is 0 Å². The van der Waals surface area contributed by atoms with E-state index in [1.54, 1.807) is 6.20 Å². The first kappa shape index (κ1) is 10.4. The number of nitrogens with two attached hydrogens (primary N) is 1. The average molecular weight is 288 g/mol. The van der Waals surface area contributed by atoms with Crippen LogP contribution in [0.25, 0.3) is 16.8 Å². The number of pyridine rings is 1. The summed E-state index contributed by atoms with van der Waals surface area (Å²) in [6.07, 6.45) is 3.78. The van der Waals surface area contributed by atoms with E-state index >= 15 is 0 Å². The minimum atomic E-state index is 0.678. The number of hydrogen-bond donors (Lipinski definition) is 1. The summed E-state index contributed by atoms with van der Waals surface area (Å²) in [6, 6.07) is 12.1. The number of rotatable bonds is 1. The standard InChI is InChI=1S/C13H10BrN3/c14-12-7-16-13-11(15)6-10(8-17(12)13)9-4-2-1-3-5-9/h1-8H,15H2. The molecule has 2 heterocycles. The number of anilines is 1. The maximum absolute atomic E-state index is 6.00. The van der Waals surface area contributed by atoms with Crippen molar-refractivity contribution in [1.29, 1.82) is 0 Å². The van der Waals surface area contributed by atoms with Crippen molar-refractivity contribution >= 4 is 27.3 Å². The van der Waals surface area contributed by atoms with E-state index in [1.807, 2.05) is 34.9 Å². The zero-order valence-corrected chi connectivity index (χ0v) is 10.6. The van der Waals surface area contributed by atoms with Gasteiger partial charge in [0.2, 0.25) is 0 Å². The van der Waals surface area contributed by atoms with Crippen LogP contribution < -0.4 is 5.73 Å². The molecule has 0 fully saturated rings. The third kappa shape index (κ3) is 1.70. The molecule has 84 valence electrons. The number of benzene rings is 1. The molecule has 0 spiro atoms. The molecule has 3 rings (SSSR count). The molecule has 0 saturated carbocycles. The number of nitrogens with zero attached hydrogens (tertiary/aromatic N) is 2. The maximum Gasteiger partial charge on any atom is 0.160 e. The van der Waals surface area contributed by atoms with Crippen molar-refractivity contribution in [3.8, 4) is 11.1 Å². The molecule has 3 aromatic rings. The average Bonchev–Trinajstić information content (AvgIpc) is 2.73. The number of aromatic nitrogens is 2. The van der Waals surface area contributed by atoms with Gasteiger partial charge in [0.1, 0.15) is 4.60 Å². The Morgan fingerprint density at radius 2 is 1.88 bits per heavy atom. The van der Waals surface area contributed by atoms with Crippen molar-refractivity contribution in [3.63, 3.8) is 0 Å². The first-order chi connectivity index (χ1) is 8.25. The van der Waals surface area contributed by atoms with Crippen molar-refractivity contribution in [3.05, 3.63) is 53.4 Å². The normalized spacial score (nSPS) is 10.9. The predicted molar refractivity (Wildman–Crippen MR) is 72.7 cm³/mol. The van der Waals surface area contributed by atoms with Gasteiger partial charge < -0.3 is 5.73 Å². The van der Waals surface area contributed by atoms with Gasteiger partial charge in [-0.05, 0) is 27.6 Å². The molecule has 0 unspecified atom stereocenters. The molecule has 0 radical (unpaired) electrons. The maximum atomic E-state index is 6.00. The van der Waals surface area contributed by atoms with Crippen LogP contribution in [0.15, 0.2) is 53.4 Å². The van der Waals surface area contributed by atoms with Crippen LogP contribution in [0.4, 0.5) is 5.69 Å². The van der Waals surface area contributed by atoms with Gasteiger partial charge in [-0.1, -0.05) is 30.3 Å². The number of fused-ring (bicyclic) bond motifs is 1. The third-order valence-electron chi connectivity index (χ3n) is 2.70. The fourth-order valence-corrected chi connectivity index (χ4v) is 2.25. The van der Waals surface area contributed by atoms with Crippen LogP contribution >= 0.6 is 15.9 Å². The molecule has 1 aromatic carbocycles. The van der Waals surface area contributed by atoms with Crippen LogP contribution in [0.5, 0.6) is 0 Å². The van der Waals surface area contributed by atoms with Gasteiger partial charge in [0.15, 0.2) is 5.65 Å². The summed E-state index contributed by atoms with van der Waals surface area (Å²) in [5.41, 5.74) is 9.67. The Morgan fingerprint density at radius 3 is 2.65 bits per heavy atom. The summed E-state index contributed by atoms with van der Waals surface area (Å²) in [5, 5.41) is 0. The van der Waals surface area contributed by atoms with Crippen LogP contribution in [-0.4, -0.2) is 9.38 Å². The molecule has 4 heteroatoms. The van der Waals surface area contributed by atoms with Crippen LogP contribution in [-0.2, 0) is 0 Å². The summed E-state index contributed by atoms with van der Waals surface area (Å²) in [5.74, 6) is 0. The van der Waals surface area contributed by atoms with Gasteiger partial charge in [-0.2, -0.15) is 0 Å². The van der Waals surface area contributed by atoms with E-state index in [1.165, 1.54) is 0 Å². The van der Waals surface area contributed by atoms with Crippen LogP contribution in [0.3, 0.4) is 0 Å². The minimum Gasteiger partial charge on any atom is -0.396 e. The van der Waals surface area contributed by atoms with E-state index in [4.69, 9.17) is 5.73 Å². The molecule has 0 aliphatic rings. The van der Waals surface area contributed by atoms with Gasteiger partial charge in [-0.3, -0.25) is 4.40 Å². The van der Waals surface area contributed by atoms with Gasteiger partial charge in [0, 0.05) is 11.8 Å². The fourth-order valence-electron chi connectivity index (χ4n) is 1.87. The molecular formula is C13H10BrN3. The Morgan fingerprint density at radius 1 is 1.12 bits per heavy atom. The topological polar surface area (TPSA) is 43.3 Å². The minimum absolute atomic E-state index is 0.678. The molecular weight excluding hydrogens is 278 g/mol. The molecule has 0 saturated heterocycles. The lowest BCUT2D eigenvalue weighted by molar-refractivity contribution is 1.16. The van der Waals surface area contributed by atoms with Gasteiger partial charge in [0.25, 0.3) is 0 Å². The first-order valence-corrected chi connectivity index (χ1v) is 6.02. The van der Waals surface area contributed by atoms with Gasteiger partial charge >= 0.3 is 0 Å². The Labute approximate surface area is 107 Å². The molecule has 2 N–H and O–H groups in total. The van der Waals surface area contributed by atoms with Crippen molar-refractivity contribution < 1.29 is 0 Å². The van der Waals surface area contributed by atoms with Crippen LogP contribution in [0.2, 0.25) is 0 Å². The smallest absolute Gasteiger partial charge is 0.160 e. The summed E-state index contributed by atoms with van der Waals surface area (Å²) >= 11 is 3.45. The van der Waals surface area contributed by atoms with E-state index in [9.17, 15) is 0 Å². The second kappa shape index (κ2) is 3.89. The number of hydrogen-bond acceptors (Lipinski definition) is 2. The molecule has 0 atom stereocenters. The van der Waals surface area contributed by atoms with Gasteiger partial charge in [-0.25, -0.2) is 4.98 Å². The van der Waals surface area contributed by atoms with Crippen molar-refractivity contribution in [2.45, 2.75) is 0 Å². The highest BCUT2D eigenvalue weighted by atomic mass is 79.9. The lowest BCUT2D eigenvalue weighted by atomic mass is 10.1. The first-order valence-electron chi connectivity index (χ1n) is 5.23. The SMILES string of the molecule is Nc1cc(-c2ccccc2)cn2c(Br)cnc12. The summed E-state index contributed by atoms with van der Waals surface area (Å²) in [6.45, 7) is 0. The highest BCUT2D eigenvalue weighted by Crippen LogP contribution is 2.26. The van der Waals surface area contributed by atoms with E-state index in [2.05, 4.69) is 33.0 Å². The third-order valence-corrected chi connectivity index (χ3v) is 3.28.